The first kappa shape index (κ1) is 18.3. The lowest BCUT2D eigenvalue weighted by atomic mass is 10.8. The SMILES string of the molecule is C=CC.O=S(=O)(O)O.O=S(=O)(O)O. The van der Waals surface area contributed by atoms with E-state index < -0.39 is 20.8 Å². The molecule has 0 saturated carbocycles. The Hall–Kier alpha value is -0.520. The van der Waals surface area contributed by atoms with Crippen LogP contribution in [0.15, 0.2) is 12.7 Å². The molecule has 0 saturated heterocycles. The van der Waals surface area contributed by atoms with E-state index in [0.29, 0.717) is 0 Å². The molecule has 0 aliphatic heterocycles. The van der Waals surface area contributed by atoms with Crippen LogP contribution >= 0.6 is 0 Å². The predicted molar refractivity (Wildman–Crippen MR) is 44.2 cm³/mol. The molecule has 0 heterocycles. The third-order valence-electron chi connectivity index (χ3n) is 0. The molecule has 0 aromatic rings. The van der Waals surface area contributed by atoms with Gasteiger partial charge >= 0.3 is 20.8 Å². The van der Waals surface area contributed by atoms with Crippen LogP contribution < -0.4 is 0 Å². The van der Waals surface area contributed by atoms with E-state index in [2.05, 4.69) is 6.58 Å². The molecule has 0 aliphatic rings. The summed E-state index contributed by atoms with van der Waals surface area (Å²) < 4.78 is 63.2. The molecular formula is C3H10O8S2. The van der Waals surface area contributed by atoms with Crippen molar-refractivity contribution in [3.63, 3.8) is 0 Å². The van der Waals surface area contributed by atoms with Crippen molar-refractivity contribution in [2.75, 3.05) is 0 Å². The average molecular weight is 238 g/mol. The number of hydrogen-bond acceptors (Lipinski definition) is 4. The fraction of sp³-hybridized carbons (Fsp3) is 0.333. The summed E-state index contributed by atoms with van der Waals surface area (Å²) >= 11 is 0. The van der Waals surface area contributed by atoms with Gasteiger partial charge in [-0.15, -0.1) is 6.58 Å². The first-order valence-electron chi connectivity index (χ1n) is 2.38. The van der Waals surface area contributed by atoms with Crippen molar-refractivity contribution in [3.05, 3.63) is 12.7 Å². The molecule has 0 aliphatic carbocycles. The first-order chi connectivity index (χ1) is 5.41. The Bertz CT molecular complexity index is 250. The van der Waals surface area contributed by atoms with Crippen molar-refractivity contribution in [1.29, 1.82) is 0 Å². The lowest BCUT2D eigenvalue weighted by Gasteiger charge is -1.68. The molecular weight excluding hydrogens is 228 g/mol. The van der Waals surface area contributed by atoms with Gasteiger partial charge in [0.25, 0.3) is 0 Å². The molecule has 0 amide bonds. The van der Waals surface area contributed by atoms with Crippen LogP contribution in [0.25, 0.3) is 0 Å². The molecule has 0 aromatic heterocycles. The summed E-state index contributed by atoms with van der Waals surface area (Å²) in [5, 5.41) is 0. The molecule has 4 N–H and O–H groups in total. The van der Waals surface area contributed by atoms with Gasteiger partial charge in [0, 0.05) is 0 Å². The number of rotatable bonds is 0. The fourth-order valence-corrected chi connectivity index (χ4v) is 0. The zero-order chi connectivity index (χ0) is 11.7. The smallest absolute Gasteiger partial charge is 0.264 e. The minimum absolute atomic E-state index is 1.75. The minimum atomic E-state index is -4.67. The van der Waals surface area contributed by atoms with E-state index in [4.69, 9.17) is 35.0 Å². The maximum Gasteiger partial charge on any atom is 0.394 e. The molecule has 0 aromatic carbocycles. The van der Waals surface area contributed by atoms with E-state index in [-0.39, 0.29) is 0 Å². The lowest BCUT2D eigenvalue weighted by Crippen LogP contribution is -1.89. The van der Waals surface area contributed by atoms with Gasteiger partial charge in [-0.25, -0.2) is 0 Å². The summed E-state index contributed by atoms with van der Waals surface area (Å²) in [6, 6.07) is 0. The van der Waals surface area contributed by atoms with Gasteiger partial charge in [-0.2, -0.15) is 16.8 Å². The molecule has 0 spiro atoms. The normalized spacial score (nSPS) is 9.92. The van der Waals surface area contributed by atoms with Gasteiger partial charge in [0.2, 0.25) is 0 Å². The molecule has 8 nitrogen and oxygen atoms in total. The third kappa shape index (κ3) is 3820. The Morgan fingerprint density at radius 3 is 0.923 bits per heavy atom. The van der Waals surface area contributed by atoms with Gasteiger partial charge in [-0.1, -0.05) is 6.08 Å². The first-order valence-corrected chi connectivity index (χ1v) is 5.18. The van der Waals surface area contributed by atoms with E-state index in [1.54, 1.807) is 6.08 Å². The standard InChI is InChI=1S/C3H6.2H2O4S/c1-3-2;2*1-5(2,3)4/h3H,1H2,2H3;2*(H2,1,2,3,4). The molecule has 0 fully saturated rings. The van der Waals surface area contributed by atoms with Crippen molar-refractivity contribution >= 4 is 20.8 Å². The summed E-state index contributed by atoms with van der Waals surface area (Å²) in [6.45, 7) is 5.25. The summed E-state index contributed by atoms with van der Waals surface area (Å²) in [6.07, 6.45) is 1.75. The van der Waals surface area contributed by atoms with Crippen LogP contribution in [-0.4, -0.2) is 35.0 Å². The molecule has 0 radical (unpaired) electrons. The number of allylic oxidation sites excluding steroid dienone is 1. The lowest BCUT2D eigenvalue weighted by molar-refractivity contribution is 0.378. The van der Waals surface area contributed by atoms with Gasteiger partial charge < -0.3 is 0 Å². The van der Waals surface area contributed by atoms with Gasteiger partial charge in [-0.3, -0.25) is 18.2 Å². The van der Waals surface area contributed by atoms with Crippen molar-refractivity contribution in [1.82, 2.24) is 0 Å². The summed E-state index contributed by atoms with van der Waals surface area (Å²) in [4.78, 5) is 0. The zero-order valence-electron chi connectivity index (χ0n) is 6.52. The molecule has 10 heteroatoms. The Morgan fingerprint density at radius 2 is 0.923 bits per heavy atom. The van der Waals surface area contributed by atoms with Crippen molar-refractivity contribution in [2.24, 2.45) is 0 Å². The minimum Gasteiger partial charge on any atom is -0.264 e. The van der Waals surface area contributed by atoms with Gasteiger partial charge in [0.1, 0.15) is 0 Å². The second-order valence-corrected chi connectivity index (χ2v) is 3.10. The highest BCUT2D eigenvalue weighted by atomic mass is 32.3. The van der Waals surface area contributed by atoms with E-state index in [0.717, 1.165) is 0 Å². The highest BCUT2D eigenvalue weighted by Crippen LogP contribution is 1.59. The number of hydrogen-bond donors (Lipinski definition) is 4. The van der Waals surface area contributed by atoms with E-state index in [1.165, 1.54) is 0 Å². The van der Waals surface area contributed by atoms with Crippen LogP contribution in [0.1, 0.15) is 6.92 Å². The fourth-order valence-electron chi connectivity index (χ4n) is 0. The van der Waals surface area contributed by atoms with Crippen LogP contribution in [-0.2, 0) is 20.8 Å². The Balaban J connectivity index is -0.000000120. The quantitative estimate of drug-likeness (QED) is 0.337. The Kier molecular flexibility index (Phi) is 11.4. The van der Waals surface area contributed by atoms with Crippen molar-refractivity contribution in [3.8, 4) is 0 Å². The molecule has 0 unspecified atom stereocenters. The molecule has 82 valence electrons. The monoisotopic (exact) mass is 238 g/mol. The van der Waals surface area contributed by atoms with Crippen LogP contribution in [0.3, 0.4) is 0 Å². The largest absolute Gasteiger partial charge is 0.394 e. The third-order valence-corrected chi connectivity index (χ3v) is 0. The molecule has 0 atom stereocenters. The maximum atomic E-state index is 8.74. The van der Waals surface area contributed by atoms with Crippen molar-refractivity contribution < 1.29 is 35.0 Å². The molecule has 0 bridgehead atoms. The average Bonchev–Trinajstić information content (AvgIpc) is 1.52. The van der Waals surface area contributed by atoms with E-state index >= 15 is 0 Å². The van der Waals surface area contributed by atoms with Crippen LogP contribution in [0, 0.1) is 0 Å². The molecule has 0 rings (SSSR count). The zero-order valence-corrected chi connectivity index (χ0v) is 8.16. The Morgan fingerprint density at radius 1 is 0.923 bits per heavy atom. The maximum absolute atomic E-state index is 8.74. The highest BCUT2D eigenvalue weighted by molar-refractivity contribution is 7.80. The predicted octanol–water partition coefficient (Wildman–Crippen LogP) is -0.113. The molecule has 13 heavy (non-hydrogen) atoms. The summed E-state index contributed by atoms with van der Waals surface area (Å²) in [5.41, 5.74) is 0. The van der Waals surface area contributed by atoms with Gasteiger partial charge in [0.15, 0.2) is 0 Å². The van der Waals surface area contributed by atoms with Crippen LogP contribution in [0.4, 0.5) is 0 Å². The highest BCUT2D eigenvalue weighted by Gasteiger charge is 1.85. The summed E-state index contributed by atoms with van der Waals surface area (Å²) in [5.74, 6) is 0. The van der Waals surface area contributed by atoms with Gasteiger partial charge in [-0.05, 0) is 6.92 Å². The van der Waals surface area contributed by atoms with Gasteiger partial charge in [0.05, 0.1) is 0 Å². The summed E-state index contributed by atoms with van der Waals surface area (Å²) in [7, 11) is -9.33. The van der Waals surface area contributed by atoms with Crippen molar-refractivity contribution in [2.45, 2.75) is 6.92 Å². The van der Waals surface area contributed by atoms with E-state index in [1.807, 2.05) is 6.92 Å². The second kappa shape index (κ2) is 8.10. The Labute approximate surface area is 76.1 Å². The topological polar surface area (TPSA) is 149 Å². The van der Waals surface area contributed by atoms with Crippen LogP contribution in [0.2, 0.25) is 0 Å². The van der Waals surface area contributed by atoms with Crippen LogP contribution in [0.5, 0.6) is 0 Å². The second-order valence-electron chi connectivity index (χ2n) is 1.30. The van der Waals surface area contributed by atoms with E-state index in [9.17, 15) is 0 Å².